The van der Waals surface area contributed by atoms with E-state index >= 15 is 0 Å². The van der Waals surface area contributed by atoms with E-state index in [0.29, 0.717) is 12.4 Å². The lowest BCUT2D eigenvalue weighted by Gasteiger charge is -2.29. The van der Waals surface area contributed by atoms with Crippen LogP contribution in [0.1, 0.15) is 37.0 Å². The van der Waals surface area contributed by atoms with Gasteiger partial charge < -0.3 is 15.5 Å². The fourth-order valence-electron chi connectivity index (χ4n) is 1.85. The summed E-state index contributed by atoms with van der Waals surface area (Å²) in [6.45, 7) is 4.46. The second-order valence-electron chi connectivity index (χ2n) is 4.69. The second-order valence-corrected chi connectivity index (χ2v) is 4.96. The van der Waals surface area contributed by atoms with Crippen LogP contribution < -0.4 is 5.32 Å². The Morgan fingerprint density at radius 1 is 1.26 bits per heavy atom. The maximum atomic E-state index is 12.0. The predicted octanol–water partition coefficient (Wildman–Crippen LogP) is 2.87. The van der Waals surface area contributed by atoms with Gasteiger partial charge in [0.15, 0.2) is 0 Å². The number of benzene rings is 1. The molecule has 0 atom stereocenters. The van der Waals surface area contributed by atoms with Crippen molar-refractivity contribution in [3.8, 4) is 11.5 Å². The van der Waals surface area contributed by atoms with E-state index in [2.05, 4.69) is 5.32 Å². The quantitative estimate of drug-likeness (QED) is 0.704. The predicted molar refractivity (Wildman–Crippen MR) is 75.8 cm³/mol. The van der Waals surface area contributed by atoms with Crippen LogP contribution >= 0.6 is 11.6 Å². The fourth-order valence-corrected chi connectivity index (χ4v) is 2.33. The standard InChI is InChI=1S/C14H20ClNO3/c1-3-14(4-2,8-15)9-16-13(19)12-10(17)6-5-7-11(12)18/h5-7,17-18H,3-4,8-9H2,1-2H3,(H,16,19). The maximum absolute atomic E-state index is 12.0. The SMILES string of the molecule is CCC(CC)(CCl)CNC(=O)c1c(O)cccc1O. The lowest BCUT2D eigenvalue weighted by Crippen LogP contribution is -2.38. The third kappa shape index (κ3) is 3.53. The molecule has 1 aromatic rings. The van der Waals surface area contributed by atoms with Crippen LogP contribution in [0.25, 0.3) is 0 Å². The Bertz CT molecular complexity index is 416. The highest BCUT2D eigenvalue weighted by atomic mass is 35.5. The minimum atomic E-state index is -0.494. The highest BCUT2D eigenvalue weighted by molar-refractivity contribution is 6.18. The molecule has 1 amide bonds. The van der Waals surface area contributed by atoms with E-state index in [-0.39, 0.29) is 22.5 Å². The van der Waals surface area contributed by atoms with Crippen molar-refractivity contribution < 1.29 is 15.0 Å². The first kappa shape index (κ1) is 15.6. The van der Waals surface area contributed by atoms with Crippen LogP contribution in [0.15, 0.2) is 18.2 Å². The molecule has 106 valence electrons. The number of rotatable bonds is 6. The molecule has 1 aromatic carbocycles. The van der Waals surface area contributed by atoms with Gasteiger partial charge in [0.25, 0.3) is 5.91 Å². The number of phenols is 2. The second kappa shape index (κ2) is 6.66. The molecule has 0 aliphatic rings. The number of halogens is 1. The van der Waals surface area contributed by atoms with Gasteiger partial charge in [-0.25, -0.2) is 0 Å². The third-order valence-electron chi connectivity index (χ3n) is 3.65. The van der Waals surface area contributed by atoms with Crippen molar-refractivity contribution in [1.82, 2.24) is 5.32 Å². The number of phenolic OH excluding ortho intramolecular Hbond substituents is 2. The van der Waals surface area contributed by atoms with Crippen LogP contribution in [0, 0.1) is 5.41 Å². The summed E-state index contributed by atoms with van der Waals surface area (Å²) in [5.74, 6) is -0.511. The Hall–Kier alpha value is -1.42. The Balaban J connectivity index is 2.81. The summed E-state index contributed by atoms with van der Waals surface area (Å²) in [5, 5.41) is 22.0. The van der Waals surface area contributed by atoms with E-state index in [9.17, 15) is 15.0 Å². The van der Waals surface area contributed by atoms with Gasteiger partial charge in [0.2, 0.25) is 0 Å². The number of aromatic hydroxyl groups is 2. The molecule has 5 heteroatoms. The molecule has 0 aliphatic carbocycles. The highest BCUT2D eigenvalue weighted by Gasteiger charge is 2.26. The van der Waals surface area contributed by atoms with Gasteiger partial charge in [-0.3, -0.25) is 4.79 Å². The summed E-state index contributed by atoms with van der Waals surface area (Å²) in [5.41, 5.74) is -0.254. The summed E-state index contributed by atoms with van der Waals surface area (Å²) >= 11 is 5.97. The average molecular weight is 286 g/mol. The highest BCUT2D eigenvalue weighted by Crippen LogP contribution is 2.29. The summed E-state index contributed by atoms with van der Waals surface area (Å²) in [7, 11) is 0. The molecule has 0 heterocycles. The monoisotopic (exact) mass is 285 g/mol. The van der Waals surface area contributed by atoms with Crippen LogP contribution in [0.4, 0.5) is 0 Å². The zero-order valence-corrected chi connectivity index (χ0v) is 12.0. The molecule has 0 aliphatic heterocycles. The average Bonchev–Trinajstić information content (AvgIpc) is 2.41. The molecular formula is C14H20ClNO3. The molecule has 0 aromatic heterocycles. The summed E-state index contributed by atoms with van der Waals surface area (Å²) in [6, 6.07) is 4.20. The molecular weight excluding hydrogens is 266 g/mol. The van der Waals surface area contributed by atoms with Crippen molar-refractivity contribution in [2.24, 2.45) is 5.41 Å². The zero-order valence-electron chi connectivity index (χ0n) is 11.2. The van der Waals surface area contributed by atoms with Gasteiger partial charge in [0.1, 0.15) is 17.1 Å². The molecule has 0 spiro atoms. The third-order valence-corrected chi connectivity index (χ3v) is 4.22. The van der Waals surface area contributed by atoms with Crippen LogP contribution in [0.2, 0.25) is 0 Å². The molecule has 0 saturated heterocycles. The van der Waals surface area contributed by atoms with E-state index in [1.807, 2.05) is 13.8 Å². The van der Waals surface area contributed by atoms with E-state index in [1.165, 1.54) is 18.2 Å². The van der Waals surface area contributed by atoms with Gasteiger partial charge >= 0.3 is 0 Å². The van der Waals surface area contributed by atoms with Crippen molar-refractivity contribution in [2.75, 3.05) is 12.4 Å². The first-order chi connectivity index (χ1) is 8.99. The Labute approximate surface area is 118 Å². The Morgan fingerprint density at radius 3 is 2.21 bits per heavy atom. The maximum Gasteiger partial charge on any atom is 0.258 e. The van der Waals surface area contributed by atoms with Gasteiger partial charge in [-0.1, -0.05) is 19.9 Å². The number of amides is 1. The minimum absolute atomic E-state index is 0.0989. The van der Waals surface area contributed by atoms with Crippen molar-refractivity contribution in [1.29, 1.82) is 0 Å². The number of hydrogen-bond acceptors (Lipinski definition) is 3. The zero-order chi connectivity index (χ0) is 14.5. The van der Waals surface area contributed by atoms with Crippen molar-refractivity contribution in [3.05, 3.63) is 23.8 Å². The summed E-state index contributed by atoms with van der Waals surface area (Å²) in [4.78, 5) is 12.0. The van der Waals surface area contributed by atoms with E-state index in [4.69, 9.17) is 11.6 Å². The largest absolute Gasteiger partial charge is 0.507 e. The minimum Gasteiger partial charge on any atom is -0.507 e. The molecule has 0 fully saturated rings. The van der Waals surface area contributed by atoms with Gasteiger partial charge in [0, 0.05) is 17.8 Å². The first-order valence-electron chi connectivity index (χ1n) is 6.34. The number of hydrogen-bond donors (Lipinski definition) is 3. The molecule has 19 heavy (non-hydrogen) atoms. The molecule has 4 nitrogen and oxygen atoms in total. The van der Waals surface area contributed by atoms with E-state index < -0.39 is 5.91 Å². The number of nitrogens with one attached hydrogen (secondary N) is 1. The lowest BCUT2D eigenvalue weighted by atomic mass is 9.84. The molecule has 0 radical (unpaired) electrons. The van der Waals surface area contributed by atoms with E-state index in [0.717, 1.165) is 12.8 Å². The van der Waals surface area contributed by atoms with Crippen LogP contribution in [0.3, 0.4) is 0 Å². The first-order valence-corrected chi connectivity index (χ1v) is 6.88. The Morgan fingerprint density at radius 2 is 1.79 bits per heavy atom. The lowest BCUT2D eigenvalue weighted by molar-refractivity contribution is 0.0926. The Kier molecular flexibility index (Phi) is 5.48. The topological polar surface area (TPSA) is 69.6 Å². The van der Waals surface area contributed by atoms with Crippen molar-refractivity contribution in [2.45, 2.75) is 26.7 Å². The smallest absolute Gasteiger partial charge is 0.258 e. The summed E-state index contributed by atoms with van der Waals surface area (Å²) in [6.07, 6.45) is 1.69. The molecule has 3 N–H and O–H groups in total. The molecule has 0 saturated carbocycles. The number of carbonyl (C=O) groups excluding carboxylic acids is 1. The molecule has 1 rings (SSSR count). The van der Waals surface area contributed by atoms with Gasteiger partial charge in [-0.2, -0.15) is 0 Å². The fraction of sp³-hybridized carbons (Fsp3) is 0.500. The van der Waals surface area contributed by atoms with Crippen LogP contribution in [-0.4, -0.2) is 28.5 Å². The number of alkyl halides is 1. The van der Waals surface area contributed by atoms with Crippen LogP contribution in [0.5, 0.6) is 11.5 Å². The van der Waals surface area contributed by atoms with Crippen molar-refractivity contribution >= 4 is 17.5 Å². The van der Waals surface area contributed by atoms with E-state index in [1.54, 1.807) is 0 Å². The molecule has 0 unspecified atom stereocenters. The van der Waals surface area contributed by atoms with Gasteiger partial charge in [-0.05, 0) is 25.0 Å². The number of carbonyl (C=O) groups is 1. The summed E-state index contributed by atoms with van der Waals surface area (Å²) < 4.78 is 0. The van der Waals surface area contributed by atoms with Crippen LogP contribution in [-0.2, 0) is 0 Å². The van der Waals surface area contributed by atoms with Crippen molar-refractivity contribution in [3.63, 3.8) is 0 Å². The van der Waals surface area contributed by atoms with Gasteiger partial charge in [-0.15, -0.1) is 11.6 Å². The normalized spacial score (nSPS) is 11.3. The van der Waals surface area contributed by atoms with Gasteiger partial charge in [0.05, 0.1) is 0 Å². The molecule has 0 bridgehead atoms.